The number of Topliss-reactive ketones (excluding diaryl/α,β-unsaturated/α-hetero) is 2. The van der Waals surface area contributed by atoms with E-state index in [4.69, 9.17) is 4.74 Å². The zero-order valence-corrected chi connectivity index (χ0v) is 20.1. The highest BCUT2D eigenvalue weighted by Crippen LogP contribution is 2.47. The number of dihydropyridines is 1. The van der Waals surface area contributed by atoms with E-state index in [1.54, 1.807) is 43.5 Å². The molecule has 2 aromatic rings. The largest absolute Gasteiger partial charge is 0.497 e. The summed E-state index contributed by atoms with van der Waals surface area (Å²) in [6.45, 7) is 4.07. The van der Waals surface area contributed by atoms with Crippen LogP contribution in [0.4, 0.5) is 4.39 Å². The molecule has 5 nitrogen and oxygen atoms in total. The summed E-state index contributed by atoms with van der Waals surface area (Å²) in [5.74, 6) is -0.291. The van der Waals surface area contributed by atoms with Crippen molar-refractivity contribution < 1.29 is 18.7 Å². The summed E-state index contributed by atoms with van der Waals surface area (Å²) in [5.41, 5.74) is 2.70. The number of allylic oxidation sites excluding steroid dienone is 3. The van der Waals surface area contributed by atoms with Crippen LogP contribution in [0.5, 0.6) is 5.75 Å². The van der Waals surface area contributed by atoms with E-state index in [1.807, 2.05) is 13.8 Å². The second kappa shape index (κ2) is 9.47. The first-order valence-corrected chi connectivity index (χ1v) is 11.9. The van der Waals surface area contributed by atoms with Crippen LogP contribution in [0.1, 0.15) is 48.5 Å². The van der Waals surface area contributed by atoms with Gasteiger partial charge in [0.15, 0.2) is 11.6 Å². The molecule has 7 heteroatoms. The standard InChI is InChI=1S/C27H25FN2O3S/c1-27(2)12-21-25(22(31)13-27)24(17-4-8-18(28)9-5-17)20(14-29)26(30-21)34-15-23(32)16-6-10-19(33-3)11-7-16/h4-11,24,30H,12-13,15H2,1-3H3/t24-/m1/s1. The van der Waals surface area contributed by atoms with Gasteiger partial charge in [-0.05, 0) is 53.8 Å². The molecular weight excluding hydrogens is 451 g/mol. The van der Waals surface area contributed by atoms with E-state index >= 15 is 0 Å². The second-order valence-electron chi connectivity index (χ2n) is 9.24. The number of rotatable bonds is 6. The van der Waals surface area contributed by atoms with Gasteiger partial charge in [-0.1, -0.05) is 37.7 Å². The van der Waals surface area contributed by atoms with Crippen LogP contribution >= 0.6 is 11.8 Å². The van der Waals surface area contributed by atoms with Crippen molar-refractivity contribution in [3.8, 4) is 11.8 Å². The average molecular weight is 477 g/mol. The van der Waals surface area contributed by atoms with E-state index in [0.717, 1.165) is 5.70 Å². The lowest BCUT2D eigenvalue weighted by molar-refractivity contribution is -0.118. The molecule has 2 aromatic carbocycles. The predicted molar refractivity (Wildman–Crippen MR) is 130 cm³/mol. The molecule has 1 atom stereocenters. The van der Waals surface area contributed by atoms with E-state index in [9.17, 15) is 19.2 Å². The van der Waals surface area contributed by atoms with Crippen molar-refractivity contribution in [2.24, 2.45) is 5.41 Å². The molecule has 1 aliphatic heterocycles. The first-order valence-electron chi connectivity index (χ1n) is 11.0. The van der Waals surface area contributed by atoms with Crippen molar-refractivity contribution in [1.82, 2.24) is 5.32 Å². The van der Waals surface area contributed by atoms with Crippen LogP contribution in [0, 0.1) is 22.6 Å². The fourth-order valence-corrected chi connectivity index (χ4v) is 5.43. The van der Waals surface area contributed by atoms with Crippen molar-refractivity contribution in [2.45, 2.75) is 32.6 Å². The van der Waals surface area contributed by atoms with Crippen LogP contribution in [-0.4, -0.2) is 24.4 Å². The Bertz CT molecular complexity index is 1240. The number of carbonyl (C=O) groups excluding carboxylic acids is 2. The lowest BCUT2D eigenvalue weighted by atomic mass is 9.69. The van der Waals surface area contributed by atoms with Crippen LogP contribution in [-0.2, 0) is 4.79 Å². The number of nitriles is 1. The van der Waals surface area contributed by atoms with Crippen LogP contribution in [0.2, 0.25) is 0 Å². The van der Waals surface area contributed by atoms with Crippen molar-refractivity contribution in [3.05, 3.63) is 87.3 Å². The first-order chi connectivity index (χ1) is 16.2. The number of hydrogen-bond acceptors (Lipinski definition) is 6. The van der Waals surface area contributed by atoms with Crippen LogP contribution in [0.15, 0.2) is 70.4 Å². The summed E-state index contributed by atoms with van der Waals surface area (Å²) in [4.78, 5) is 26.0. The van der Waals surface area contributed by atoms with Gasteiger partial charge < -0.3 is 10.1 Å². The summed E-state index contributed by atoms with van der Waals surface area (Å²) >= 11 is 1.25. The molecule has 1 N–H and O–H groups in total. The smallest absolute Gasteiger partial charge is 0.173 e. The van der Waals surface area contributed by atoms with E-state index in [-0.39, 0.29) is 28.6 Å². The van der Waals surface area contributed by atoms with Gasteiger partial charge in [-0.15, -0.1) is 0 Å². The number of ketones is 2. The van der Waals surface area contributed by atoms with Crippen LogP contribution in [0.25, 0.3) is 0 Å². The SMILES string of the molecule is COc1ccc(C(=O)CSC2=C(C#N)[C@@H](c3ccc(F)cc3)C3=C(CC(C)(C)CC3=O)N2)cc1. The number of nitrogens with zero attached hydrogens (tertiary/aromatic N) is 1. The number of nitrogens with one attached hydrogen (secondary N) is 1. The van der Waals surface area contributed by atoms with E-state index in [1.165, 1.54) is 23.9 Å². The second-order valence-corrected chi connectivity index (χ2v) is 10.2. The van der Waals surface area contributed by atoms with E-state index in [0.29, 0.717) is 45.9 Å². The topological polar surface area (TPSA) is 79.2 Å². The average Bonchev–Trinajstić information content (AvgIpc) is 2.81. The van der Waals surface area contributed by atoms with E-state index in [2.05, 4.69) is 11.4 Å². The highest BCUT2D eigenvalue weighted by molar-refractivity contribution is 8.03. The maximum absolute atomic E-state index is 13.6. The number of carbonyl (C=O) groups is 2. The normalized spacial score (nSPS) is 19.3. The lowest BCUT2D eigenvalue weighted by Crippen LogP contribution is -2.37. The zero-order valence-electron chi connectivity index (χ0n) is 19.3. The van der Waals surface area contributed by atoms with Crippen molar-refractivity contribution in [3.63, 3.8) is 0 Å². The van der Waals surface area contributed by atoms with Crippen molar-refractivity contribution >= 4 is 23.3 Å². The molecule has 174 valence electrons. The third kappa shape index (κ3) is 4.78. The number of thioether (sulfide) groups is 1. The fraction of sp³-hybridized carbons (Fsp3) is 0.296. The monoisotopic (exact) mass is 476 g/mol. The lowest BCUT2D eigenvalue weighted by Gasteiger charge is -2.39. The maximum Gasteiger partial charge on any atom is 0.173 e. The molecule has 0 aromatic heterocycles. The summed E-state index contributed by atoms with van der Waals surface area (Å²) < 4.78 is 18.8. The van der Waals surface area contributed by atoms with Gasteiger partial charge in [0, 0.05) is 23.3 Å². The Morgan fingerprint density at radius 1 is 1.18 bits per heavy atom. The zero-order chi connectivity index (χ0) is 24.5. The number of ether oxygens (including phenoxy) is 1. The summed E-state index contributed by atoms with van der Waals surface area (Å²) in [6, 6.07) is 15.0. The van der Waals surface area contributed by atoms with Gasteiger partial charge in [0.25, 0.3) is 0 Å². The Kier molecular flexibility index (Phi) is 6.63. The van der Waals surface area contributed by atoms with Crippen LogP contribution < -0.4 is 10.1 Å². The maximum atomic E-state index is 13.6. The molecule has 0 bridgehead atoms. The van der Waals surface area contributed by atoms with Gasteiger partial charge in [0.2, 0.25) is 0 Å². The molecule has 0 fully saturated rings. The first kappa shape index (κ1) is 23.8. The van der Waals surface area contributed by atoms with Gasteiger partial charge in [-0.3, -0.25) is 9.59 Å². The Labute approximate surface area is 202 Å². The van der Waals surface area contributed by atoms with Crippen LogP contribution in [0.3, 0.4) is 0 Å². The van der Waals surface area contributed by atoms with E-state index < -0.39 is 5.92 Å². The van der Waals surface area contributed by atoms with Crippen molar-refractivity contribution in [2.75, 3.05) is 12.9 Å². The fourth-order valence-electron chi connectivity index (χ4n) is 4.48. The third-order valence-electron chi connectivity index (χ3n) is 6.09. The Morgan fingerprint density at radius 3 is 2.47 bits per heavy atom. The van der Waals surface area contributed by atoms with Crippen molar-refractivity contribution in [1.29, 1.82) is 5.26 Å². The molecule has 0 spiro atoms. The quantitative estimate of drug-likeness (QED) is 0.554. The summed E-state index contributed by atoms with van der Waals surface area (Å²) in [6.07, 6.45) is 1.02. The predicted octanol–water partition coefficient (Wildman–Crippen LogP) is 5.52. The minimum Gasteiger partial charge on any atom is -0.497 e. The molecule has 4 rings (SSSR count). The molecule has 1 aliphatic carbocycles. The Hall–Kier alpha value is -3.37. The summed E-state index contributed by atoms with van der Waals surface area (Å²) in [7, 11) is 1.56. The molecule has 1 heterocycles. The number of halogens is 1. The molecular formula is C27H25FN2O3S. The highest BCUT2D eigenvalue weighted by Gasteiger charge is 2.41. The van der Waals surface area contributed by atoms with Gasteiger partial charge in [0.05, 0.1) is 35.5 Å². The number of methoxy groups -OCH3 is 1. The molecule has 2 aliphatic rings. The molecule has 0 amide bonds. The molecule has 0 saturated carbocycles. The number of benzene rings is 2. The Balaban J connectivity index is 1.68. The molecule has 0 unspecified atom stereocenters. The minimum atomic E-state index is -0.593. The Morgan fingerprint density at radius 2 is 1.85 bits per heavy atom. The summed E-state index contributed by atoms with van der Waals surface area (Å²) in [5, 5.41) is 14.0. The van der Waals surface area contributed by atoms with Gasteiger partial charge in [-0.25, -0.2) is 4.39 Å². The molecule has 0 saturated heterocycles. The molecule has 0 radical (unpaired) electrons. The third-order valence-corrected chi connectivity index (χ3v) is 7.11. The van der Waals surface area contributed by atoms with Gasteiger partial charge in [-0.2, -0.15) is 5.26 Å². The number of hydrogen-bond donors (Lipinski definition) is 1. The molecule has 34 heavy (non-hydrogen) atoms. The minimum absolute atomic E-state index is 0.0146. The highest BCUT2D eigenvalue weighted by atomic mass is 32.2. The van der Waals surface area contributed by atoms with Gasteiger partial charge in [0.1, 0.15) is 11.6 Å². The van der Waals surface area contributed by atoms with Gasteiger partial charge >= 0.3 is 0 Å².